The van der Waals surface area contributed by atoms with E-state index >= 15 is 0 Å². The number of carboxylic acid groups (broad SMARTS) is 1. The van der Waals surface area contributed by atoms with E-state index in [1.165, 1.54) is 5.56 Å². The average molecular weight is 988 g/mol. The number of carbonyl (C=O) groups is 8. The molecular weight excluding hydrogens is 915 g/mol. The molecule has 0 spiro atoms. The highest BCUT2D eigenvalue weighted by atomic mass is 16.6. The van der Waals surface area contributed by atoms with E-state index in [1.807, 2.05) is 56.3 Å². The molecule has 0 heterocycles. The second-order valence-electron chi connectivity index (χ2n) is 18.5. The van der Waals surface area contributed by atoms with Crippen LogP contribution in [-0.4, -0.2) is 102 Å². The number of carbonyl (C=O) groups excluding carboxylic acids is 7. The lowest BCUT2D eigenvalue weighted by Gasteiger charge is -2.25. The zero-order valence-electron chi connectivity index (χ0n) is 41.8. The Morgan fingerprint density at radius 2 is 1.20 bits per heavy atom. The van der Waals surface area contributed by atoms with Crippen LogP contribution in [0, 0.1) is 5.92 Å². The van der Waals surface area contributed by atoms with E-state index in [9.17, 15) is 43.5 Å². The van der Waals surface area contributed by atoms with Crippen molar-refractivity contribution in [1.29, 1.82) is 0 Å². The van der Waals surface area contributed by atoms with Gasteiger partial charge in [-0.2, -0.15) is 0 Å². The first kappa shape index (κ1) is 58.3. The monoisotopic (exact) mass is 988 g/mol. The lowest BCUT2D eigenvalue weighted by atomic mass is 10.0. The molecule has 0 saturated heterocycles. The summed E-state index contributed by atoms with van der Waals surface area (Å²) in [7, 11) is 0. The third kappa shape index (κ3) is 23.4. The van der Waals surface area contributed by atoms with Crippen molar-refractivity contribution in [1.82, 2.24) is 31.9 Å². The Morgan fingerprint density at radius 3 is 1.82 bits per heavy atom. The summed E-state index contributed by atoms with van der Waals surface area (Å²) in [6.45, 7) is 11.3. The lowest BCUT2D eigenvalue weighted by Crippen LogP contribution is -2.60. The topological polar surface area (TPSA) is 283 Å². The van der Waals surface area contributed by atoms with Crippen LogP contribution in [0.25, 0.3) is 11.1 Å². The molecule has 9 N–H and O–H groups in total. The summed E-state index contributed by atoms with van der Waals surface area (Å²) < 4.78 is 15.7. The van der Waals surface area contributed by atoms with E-state index in [0.29, 0.717) is 12.8 Å². The predicted molar refractivity (Wildman–Crippen MR) is 266 cm³/mol. The zero-order valence-corrected chi connectivity index (χ0v) is 41.8. The SMILES string of the molecule is CCCCc1ccc(-c2ccc(C(=O)N[C@@H](CCCCNC(=O)OCc3ccccc3)C(=O)N[C@@H](CCC(=O)OCC(C)C)C(=O)N[C@@H](N)C(=O)N[C@@H](CCCNC(=O)OC(C)(C)C)C(=O)O)cc2)cc1. The van der Waals surface area contributed by atoms with E-state index in [4.69, 9.17) is 19.9 Å². The Bertz CT molecular complexity index is 2180. The highest BCUT2D eigenvalue weighted by Crippen LogP contribution is 2.21. The first-order valence-electron chi connectivity index (χ1n) is 24.2. The third-order valence-electron chi connectivity index (χ3n) is 10.7. The van der Waals surface area contributed by atoms with Crippen LogP contribution >= 0.6 is 0 Å². The number of benzene rings is 3. The van der Waals surface area contributed by atoms with Crippen LogP contribution in [-0.2, 0) is 51.2 Å². The van der Waals surface area contributed by atoms with E-state index in [2.05, 4.69) is 51.0 Å². The minimum absolute atomic E-state index is 0.0164. The number of ether oxygens (including phenoxy) is 3. The van der Waals surface area contributed by atoms with Crippen LogP contribution in [0.15, 0.2) is 78.9 Å². The number of alkyl carbamates (subject to hydrolysis) is 2. The van der Waals surface area contributed by atoms with Gasteiger partial charge in [0.05, 0.1) is 6.61 Å². The van der Waals surface area contributed by atoms with Crippen molar-refractivity contribution in [3.05, 3.63) is 95.6 Å². The van der Waals surface area contributed by atoms with Gasteiger partial charge in [0.15, 0.2) is 6.17 Å². The second-order valence-corrected chi connectivity index (χ2v) is 18.5. The van der Waals surface area contributed by atoms with Gasteiger partial charge in [-0.25, -0.2) is 14.4 Å². The highest BCUT2D eigenvalue weighted by Gasteiger charge is 2.31. The van der Waals surface area contributed by atoms with Crippen LogP contribution in [0.5, 0.6) is 0 Å². The molecule has 0 bridgehead atoms. The molecule has 3 aromatic rings. The average Bonchev–Trinajstić information content (AvgIpc) is 3.33. The normalized spacial score (nSPS) is 12.8. The van der Waals surface area contributed by atoms with E-state index < -0.39 is 77.6 Å². The fraction of sp³-hybridized carbons (Fsp3) is 0.500. The Kier molecular flexibility index (Phi) is 25.1. The van der Waals surface area contributed by atoms with E-state index in [0.717, 1.165) is 36.0 Å². The quantitative estimate of drug-likeness (QED) is 0.0181. The lowest BCUT2D eigenvalue weighted by molar-refractivity contribution is -0.145. The molecule has 3 rings (SSSR count). The molecule has 19 heteroatoms. The molecule has 0 radical (unpaired) electrons. The smallest absolute Gasteiger partial charge is 0.407 e. The minimum atomic E-state index is -1.80. The Morgan fingerprint density at radius 1 is 0.620 bits per heavy atom. The van der Waals surface area contributed by atoms with Gasteiger partial charge in [0.2, 0.25) is 11.8 Å². The maximum Gasteiger partial charge on any atom is 0.407 e. The number of rotatable bonds is 29. The van der Waals surface area contributed by atoms with Gasteiger partial charge >= 0.3 is 24.1 Å². The number of esters is 1. The number of nitrogens with two attached hydrogens (primary N) is 1. The molecule has 3 aromatic carbocycles. The molecule has 0 aliphatic heterocycles. The maximum absolute atomic E-state index is 14.2. The molecule has 0 aromatic heterocycles. The van der Waals surface area contributed by atoms with Crippen LogP contribution in [0.3, 0.4) is 0 Å². The molecule has 0 saturated carbocycles. The Balaban J connectivity index is 1.75. The third-order valence-corrected chi connectivity index (χ3v) is 10.7. The summed E-state index contributed by atoms with van der Waals surface area (Å²) in [5.74, 6) is -5.47. The van der Waals surface area contributed by atoms with Gasteiger partial charge in [0.1, 0.15) is 30.3 Å². The number of aryl methyl sites for hydroxylation is 1. The number of carboxylic acids is 1. The van der Waals surface area contributed by atoms with Gasteiger partial charge in [-0.1, -0.05) is 93.9 Å². The zero-order chi connectivity index (χ0) is 52.3. The van der Waals surface area contributed by atoms with Crippen LogP contribution < -0.4 is 37.6 Å². The maximum atomic E-state index is 14.2. The highest BCUT2D eigenvalue weighted by molar-refractivity contribution is 5.99. The molecule has 0 fully saturated rings. The van der Waals surface area contributed by atoms with Crippen molar-refractivity contribution in [2.75, 3.05) is 19.7 Å². The minimum Gasteiger partial charge on any atom is -0.480 e. The molecule has 0 aliphatic carbocycles. The van der Waals surface area contributed by atoms with Gasteiger partial charge in [-0.05, 0) is 112 Å². The molecule has 4 atom stereocenters. The Labute approximate surface area is 416 Å². The fourth-order valence-corrected chi connectivity index (χ4v) is 6.79. The number of aliphatic carboxylic acids is 1. The van der Waals surface area contributed by atoms with Gasteiger partial charge in [-0.15, -0.1) is 0 Å². The number of amides is 6. The van der Waals surface area contributed by atoms with Crippen LogP contribution in [0.4, 0.5) is 9.59 Å². The summed E-state index contributed by atoms with van der Waals surface area (Å²) in [5.41, 5.74) is 9.45. The van der Waals surface area contributed by atoms with Crippen LogP contribution in [0.2, 0.25) is 0 Å². The molecule has 19 nitrogen and oxygen atoms in total. The number of nitrogens with one attached hydrogen (secondary N) is 6. The number of hydrogen-bond donors (Lipinski definition) is 8. The molecule has 0 unspecified atom stereocenters. The standard InChI is InChI=1S/C52H73N7O12/c1-7-8-15-35-20-22-37(23-21-35)38-24-26-39(27-25-38)45(61)56-40(18-12-13-30-54-50(67)70-33-36-16-10-9-11-17-36)46(62)57-41(28-29-43(60)69-32-34(2)3)47(63)59-44(53)48(64)58-42(49(65)66)19-14-31-55-51(68)71-52(4,5)6/h9-11,16-17,20-27,34,40-42,44H,7-8,12-15,18-19,28-33,53H2,1-6H3,(H,54,67)(H,55,68)(H,56,61)(H,57,62)(H,58,64)(H,59,63)(H,65,66)/t40-,41-,42-,44+/m0/s1. The van der Waals surface area contributed by atoms with Crippen molar-refractivity contribution in [3.63, 3.8) is 0 Å². The largest absolute Gasteiger partial charge is 0.480 e. The molecule has 0 aliphatic rings. The molecule has 388 valence electrons. The first-order valence-corrected chi connectivity index (χ1v) is 24.2. The van der Waals surface area contributed by atoms with Crippen molar-refractivity contribution in [2.45, 2.75) is 142 Å². The molecular formula is C52H73N7O12. The first-order chi connectivity index (χ1) is 33.7. The van der Waals surface area contributed by atoms with Crippen molar-refractivity contribution < 1.29 is 57.7 Å². The summed E-state index contributed by atoms with van der Waals surface area (Å²) in [4.78, 5) is 104. The van der Waals surface area contributed by atoms with Crippen molar-refractivity contribution in [2.24, 2.45) is 11.7 Å². The molecule has 71 heavy (non-hydrogen) atoms. The van der Waals surface area contributed by atoms with Gasteiger partial charge in [-0.3, -0.25) is 24.0 Å². The summed E-state index contributed by atoms with van der Waals surface area (Å²) in [6, 6.07) is 20.1. The summed E-state index contributed by atoms with van der Waals surface area (Å²) in [6.07, 6.45) is 0.158. The predicted octanol–water partition coefficient (Wildman–Crippen LogP) is 5.63. The van der Waals surface area contributed by atoms with Gasteiger partial charge in [0, 0.05) is 25.1 Å². The summed E-state index contributed by atoms with van der Waals surface area (Å²) >= 11 is 0. The summed E-state index contributed by atoms with van der Waals surface area (Å²) in [5, 5.41) is 24.9. The number of hydrogen-bond acceptors (Lipinski definition) is 12. The fourth-order valence-electron chi connectivity index (χ4n) is 6.79. The number of unbranched alkanes of at least 4 members (excludes halogenated alkanes) is 2. The second kappa shape index (κ2) is 30.6. The molecule has 6 amide bonds. The van der Waals surface area contributed by atoms with Gasteiger partial charge in [0.25, 0.3) is 11.8 Å². The van der Waals surface area contributed by atoms with E-state index in [1.54, 1.807) is 45.0 Å². The van der Waals surface area contributed by atoms with Gasteiger partial charge < -0.3 is 57.0 Å². The van der Waals surface area contributed by atoms with Crippen LogP contribution in [0.1, 0.15) is 121 Å². The van der Waals surface area contributed by atoms with Crippen molar-refractivity contribution >= 4 is 47.8 Å². The van der Waals surface area contributed by atoms with Crippen molar-refractivity contribution in [3.8, 4) is 11.1 Å². The Hall–Kier alpha value is -7.02. The van der Waals surface area contributed by atoms with E-state index in [-0.39, 0.29) is 69.9 Å².